The van der Waals surface area contributed by atoms with Crippen molar-refractivity contribution in [2.75, 3.05) is 10.5 Å². The molecule has 0 atom stereocenters. The van der Waals surface area contributed by atoms with Crippen LogP contribution in [0.15, 0.2) is 35.2 Å². The van der Waals surface area contributed by atoms with E-state index in [0.29, 0.717) is 5.56 Å². The van der Waals surface area contributed by atoms with Gasteiger partial charge in [0.1, 0.15) is 0 Å². The van der Waals surface area contributed by atoms with Gasteiger partial charge in [0, 0.05) is 0 Å². The highest BCUT2D eigenvalue weighted by atomic mass is 35.5. The van der Waals surface area contributed by atoms with E-state index < -0.39 is 27.3 Å². The summed E-state index contributed by atoms with van der Waals surface area (Å²) < 4.78 is 53.0. The molecular weight excluding hydrogens is 322 g/mol. The van der Waals surface area contributed by atoms with Crippen molar-refractivity contribution in [3.05, 3.63) is 52.6 Å². The van der Waals surface area contributed by atoms with Crippen LogP contribution in [-0.2, 0) is 10.0 Å². The molecule has 0 aliphatic carbocycles. The van der Waals surface area contributed by atoms with Gasteiger partial charge in [-0.25, -0.2) is 17.2 Å². The molecule has 0 spiro atoms. The Morgan fingerprint density at radius 1 is 1.24 bits per heavy atom. The summed E-state index contributed by atoms with van der Waals surface area (Å²) in [6.07, 6.45) is 0. The number of nitrogens with one attached hydrogen (secondary N) is 1. The van der Waals surface area contributed by atoms with Gasteiger partial charge in [0.25, 0.3) is 10.0 Å². The molecule has 0 fully saturated rings. The Morgan fingerprint density at radius 2 is 1.90 bits per heavy atom. The molecule has 2 aromatic rings. The molecule has 0 bridgehead atoms. The smallest absolute Gasteiger partial charge is 0.262 e. The zero-order chi connectivity index (χ0) is 15.8. The second kappa shape index (κ2) is 5.50. The first-order chi connectivity index (χ1) is 9.72. The van der Waals surface area contributed by atoms with Crippen LogP contribution in [0, 0.1) is 18.6 Å². The van der Waals surface area contributed by atoms with Gasteiger partial charge in [-0.3, -0.25) is 4.72 Å². The zero-order valence-electron chi connectivity index (χ0n) is 10.8. The Balaban J connectivity index is 2.46. The number of halogens is 3. The first-order valence-electron chi connectivity index (χ1n) is 5.75. The fourth-order valence-corrected chi connectivity index (χ4v) is 2.99. The molecule has 2 rings (SSSR count). The van der Waals surface area contributed by atoms with Crippen LogP contribution in [0.3, 0.4) is 0 Å². The van der Waals surface area contributed by atoms with E-state index in [1.807, 2.05) is 4.72 Å². The molecule has 0 saturated heterocycles. The van der Waals surface area contributed by atoms with E-state index in [9.17, 15) is 17.2 Å². The second-order valence-corrected chi connectivity index (χ2v) is 6.41. The van der Waals surface area contributed by atoms with Crippen LogP contribution < -0.4 is 10.5 Å². The maximum atomic E-state index is 13.5. The molecule has 0 saturated carbocycles. The molecule has 0 aliphatic rings. The lowest BCUT2D eigenvalue weighted by Crippen LogP contribution is -2.15. The highest BCUT2D eigenvalue weighted by molar-refractivity contribution is 7.92. The highest BCUT2D eigenvalue weighted by Crippen LogP contribution is 2.28. The zero-order valence-corrected chi connectivity index (χ0v) is 12.4. The first-order valence-corrected chi connectivity index (χ1v) is 7.61. The maximum Gasteiger partial charge on any atom is 0.262 e. The molecule has 0 unspecified atom stereocenters. The lowest BCUT2D eigenvalue weighted by Gasteiger charge is -2.11. The average Bonchev–Trinajstić information content (AvgIpc) is 2.40. The lowest BCUT2D eigenvalue weighted by molar-refractivity contribution is 0.511. The fraction of sp³-hybridized carbons (Fsp3) is 0.0769. The molecule has 0 heterocycles. The third-order valence-electron chi connectivity index (χ3n) is 2.76. The number of benzene rings is 2. The number of hydrogen-bond donors (Lipinski definition) is 2. The summed E-state index contributed by atoms with van der Waals surface area (Å²) in [5, 5.41) is 0.242. The Kier molecular flexibility index (Phi) is 4.06. The SMILES string of the molecule is Cc1cc(S(=O)(=O)Nc2cccc(F)c2F)cc(N)c1Cl. The van der Waals surface area contributed by atoms with Gasteiger partial charge in [-0.2, -0.15) is 0 Å². The molecule has 0 amide bonds. The van der Waals surface area contributed by atoms with Crippen molar-refractivity contribution in [2.24, 2.45) is 0 Å². The molecule has 0 aromatic heterocycles. The van der Waals surface area contributed by atoms with E-state index in [-0.39, 0.29) is 15.6 Å². The monoisotopic (exact) mass is 332 g/mol. The molecule has 21 heavy (non-hydrogen) atoms. The largest absolute Gasteiger partial charge is 0.397 e. The predicted molar refractivity (Wildman–Crippen MR) is 77.8 cm³/mol. The van der Waals surface area contributed by atoms with E-state index in [2.05, 4.69) is 0 Å². The summed E-state index contributed by atoms with van der Waals surface area (Å²) in [4.78, 5) is -0.189. The molecule has 0 aliphatic heterocycles. The van der Waals surface area contributed by atoms with Gasteiger partial charge in [0.05, 0.1) is 21.3 Å². The molecule has 112 valence electrons. The molecule has 3 N–H and O–H groups in total. The van der Waals surface area contributed by atoms with Crippen molar-refractivity contribution in [3.8, 4) is 0 Å². The number of hydrogen-bond acceptors (Lipinski definition) is 3. The van der Waals surface area contributed by atoms with Gasteiger partial charge in [0.15, 0.2) is 11.6 Å². The van der Waals surface area contributed by atoms with E-state index in [1.165, 1.54) is 12.1 Å². The maximum absolute atomic E-state index is 13.5. The Hall–Kier alpha value is -1.86. The molecular formula is C13H11ClF2N2O2S. The van der Waals surface area contributed by atoms with E-state index in [0.717, 1.165) is 18.2 Å². The van der Waals surface area contributed by atoms with Gasteiger partial charge in [-0.1, -0.05) is 17.7 Å². The average molecular weight is 333 g/mol. The minimum Gasteiger partial charge on any atom is -0.397 e. The summed E-state index contributed by atoms with van der Waals surface area (Å²) in [5.74, 6) is -2.43. The van der Waals surface area contributed by atoms with Crippen molar-refractivity contribution >= 4 is 33.0 Å². The van der Waals surface area contributed by atoms with Crippen LogP contribution in [0.2, 0.25) is 5.02 Å². The quantitative estimate of drug-likeness (QED) is 0.847. The summed E-state index contributed by atoms with van der Waals surface area (Å²) in [6.45, 7) is 1.58. The Labute approximate surface area is 125 Å². The third-order valence-corrected chi connectivity index (χ3v) is 4.62. The van der Waals surface area contributed by atoms with Crippen LogP contribution >= 0.6 is 11.6 Å². The molecule has 8 heteroatoms. The number of nitrogen functional groups attached to an aromatic ring is 1. The summed E-state index contributed by atoms with van der Waals surface area (Å²) >= 11 is 5.86. The highest BCUT2D eigenvalue weighted by Gasteiger charge is 2.19. The molecule has 0 radical (unpaired) electrons. The normalized spacial score (nSPS) is 11.4. The van der Waals surface area contributed by atoms with Crippen molar-refractivity contribution in [1.29, 1.82) is 0 Å². The van der Waals surface area contributed by atoms with Crippen molar-refractivity contribution in [3.63, 3.8) is 0 Å². The standard InChI is InChI=1S/C13H11ClF2N2O2S/c1-7-5-8(6-10(17)12(7)14)21(19,20)18-11-4-2-3-9(15)13(11)16/h2-6,18H,17H2,1H3. The summed E-state index contributed by atoms with van der Waals surface area (Å²) in [7, 11) is -4.11. The number of anilines is 2. The van der Waals surface area contributed by atoms with Gasteiger partial charge in [0.2, 0.25) is 0 Å². The second-order valence-electron chi connectivity index (χ2n) is 4.35. The third kappa shape index (κ3) is 3.08. The van der Waals surface area contributed by atoms with Gasteiger partial charge in [-0.15, -0.1) is 0 Å². The molecule has 4 nitrogen and oxygen atoms in total. The van der Waals surface area contributed by atoms with E-state index in [4.69, 9.17) is 17.3 Å². The van der Waals surface area contributed by atoms with Crippen molar-refractivity contribution < 1.29 is 17.2 Å². The van der Waals surface area contributed by atoms with Crippen LogP contribution in [0.25, 0.3) is 0 Å². The number of nitrogens with two attached hydrogens (primary N) is 1. The van der Waals surface area contributed by atoms with Crippen LogP contribution in [0.4, 0.5) is 20.2 Å². The fourth-order valence-electron chi connectivity index (χ4n) is 1.70. The van der Waals surface area contributed by atoms with Crippen LogP contribution in [0.1, 0.15) is 5.56 Å². The van der Waals surface area contributed by atoms with E-state index >= 15 is 0 Å². The van der Waals surface area contributed by atoms with Crippen molar-refractivity contribution in [2.45, 2.75) is 11.8 Å². The number of rotatable bonds is 3. The predicted octanol–water partition coefficient (Wildman–Crippen LogP) is 3.31. The van der Waals surface area contributed by atoms with Gasteiger partial charge < -0.3 is 5.73 Å². The Bertz CT molecular complexity index is 787. The minimum absolute atomic E-state index is 0.0803. The lowest BCUT2D eigenvalue weighted by atomic mass is 10.2. The number of sulfonamides is 1. The minimum atomic E-state index is -4.11. The van der Waals surface area contributed by atoms with Crippen molar-refractivity contribution in [1.82, 2.24) is 0 Å². The van der Waals surface area contributed by atoms with E-state index in [1.54, 1.807) is 6.92 Å². The topological polar surface area (TPSA) is 72.2 Å². The van der Waals surface area contributed by atoms with Crippen LogP contribution in [-0.4, -0.2) is 8.42 Å². The number of aryl methyl sites for hydroxylation is 1. The first kappa shape index (κ1) is 15.5. The Morgan fingerprint density at radius 3 is 2.52 bits per heavy atom. The molecule has 2 aromatic carbocycles. The summed E-state index contributed by atoms with van der Waals surface area (Å²) in [6, 6.07) is 5.63. The van der Waals surface area contributed by atoms with Crippen LogP contribution in [0.5, 0.6) is 0 Å². The van der Waals surface area contributed by atoms with Gasteiger partial charge in [-0.05, 0) is 36.8 Å². The van der Waals surface area contributed by atoms with Gasteiger partial charge >= 0.3 is 0 Å². The summed E-state index contributed by atoms with van der Waals surface area (Å²) in [5.41, 5.74) is 5.66.